The van der Waals surface area contributed by atoms with Crippen LogP contribution in [0.15, 0.2) is 12.2 Å². The minimum atomic E-state index is -0.730. The second-order valence-electron chi connectivity index (χ2n) is 9.33. The first kappa shape index (κ1) is 21.8. The topological polar surface area (TPSA) is 87.0 Å². The van der Waals surface area contributed by atoms with E-state index in [4.69, 9.17) is 9.84 Å². The molecule has 0 unspecified atom stereocenters. The summed E-state index contributed by atoms with van der Waals surface area (Å²) in [6.07, 6.45) is 15.0. The molecule has 2 aliphatic carbocycles. The Morgan fingerprint density at radius 3 is 2.64 bits per heavy atom. The molecule has 3 rings (SSSR count). The molecule has 0 aromatic rings. The van der Waals surface area contributed by atoms with Crippen LogP contribution < -0.4 is 0 Å². The van der Waals surface area contributed by atoms with Gasteiger partial charge in [0, 0.05) is 25.4 Å². The molecule has 0 bridgehead atoms. The Kier molecular flexibility index (Phi) is 8.36. The number of hydrogen-bond donors (Lipinski definition) is 3. The van der Waals surface area contributed by atoms with E-state index in [1.54, 1.807) is 0 Å². The molecule has 0 amide bonds. The SMILES string of the molecule is O=C(O)CCC[C@H]1CC[C@@H]2[C@@H](/C=C/[C@H](O)CCC3CCCC3)[C@H](O)C[C@@H]2OC1. The summed E-state index contributed by atoms with van der Waals surface area (Å²) in [5.74, 6) is 0.842. The largest absolute Gasteiger partial charge is 0.481 e. The van der Waals surface area contributed by atoms with Gasteiger partial charge in [-0.05, 0) is 56.3 Å². The molecule has 1 aliphatic heterocycles. The van der Waals surface area contributed by atoms with Gasteiger partial charge in [0.15, 0.2) is 0 Å². The van der Waals surface area contributed by atoms with Gasteiger partial charge in [0.25, 0.3) is 0 Å². The fraction of sp³-hybridized carbons (Fsp3) is 0.870. The van der Waals surface area contributed by atoms with Crippen LogP contribution >= 0.6 is 0 Å². The molecule has 3 aliphatic rings. The lowest BCUT2D eigenvalue weighted by molar-refractivity contribution is -0.137. The van der Waals surface area contributed by atoms with Gasteiger partial charge in [-0.3, -0.25) is 4.79 Å². The standard InChI is InChI=1S/C23H38O5/c24-18(10-8-16-4-1-2-5-16)11-13-19-20-12-9-17(6-3-7-23(26)27)15-28-22(20)14-21(19)25/h11,13,16-22,24-25H,1-10,12,14-15H2,(H,26,27)/b13-11+/t17-,18+,19+,20+,21+,22-/m0/s1. The Morgan fingerprint density at radius 2 is 1.89 bits per heavy atom. The minimum absolute atomic E-state index is 0.0592. The fourth-order valence-electron chi connectivity index (χ4n) is 5.54. The number of ether oxygens (including phenoxy) is 1. The second-order valence-corrected chi connectivity index (χ2v) is 9.33. The van der Waals surface area contributed by atoms with Crippen LogP contribution in [0.2, 0.25) is 0 Å². The highest BCUT2D eigenvalue weighted by atomic mass is 16.5. The smallest absolute Gasteiger partial charge is 0.303 e. The molecule has 160 valence electrons. The summed E-state index contributed by atoms with van der Waals surface area (Å²) in [4.78, 5) is 10.7. The summed E-state index contributed by atoms with van der Waals surface area (Å²) in [6.45, 7) is 0.675. The molecule has 28 heavy (non-hydrogen) atoms. The summed E-state index contributed by atoms with van der Waals surface area (Å²) in [5, 5.41) is 29.7. The number of carbonyl (C=O) groups is 1. The summed E-state index contributed by atoms with van der Waals surface area (Å²) in [7, 11) is 0. The molecule has 3 N–H and O–H groups in total. The van der Waals surface area contributed by atoms with Crippen molar-refractivity contribution in [1.82, 2.24) is 0 Å². The molecular weight excluding hydrogens is 356 g/mol. The van der Waals surface area contributed by atoms with Gasteiger partial charge in [-0.25, -0.2) is 0 Å². The van der Waals surface area contributed by atoms with E-state index in [1.807, 2.05) is 12.2 Å². The van der Waals surface area contributed by atoms with Crippen LogP contribution in [-0.2, 0) is 9.53 Å². The zero-order valence-corrected chi connectivity index (χ0v) is 17.0. The third-order valence-electron chi connectivity index (χ3n) is 7.25. The average Bonchev–Trinajstić information content (AvgIpc) is 3.23. The van der Waals surface area contributed by atoms with Crippen LogP contribution in [0.1, 0.15) is 77.0 Å². The van der Waals surface area contributed by atoms with E-state index in [2.05, 4.69) is 0 Å². The van der Waals surface area contributed by atoms with Crippen molar-refractivity contribution in [2.45, 2.75) is 95.4 Å². The molecule has 0 radical (unpaired) electrons. The fourth-order valence-corrected chi connectivity index (χ4v) is 5.54. The minimum Gasteiger partial charge on any atom is -0.481 e. The van der Waals surface area contributed by atoms with Crippen LogP contribution in [0.5, 0.6) is 0 Å². The third kappa shape index (κ3) is 6.30. The van der Waals surface area contributed by atoms with Gasteiger partial charge < -0.3 is 20.1 Å². The Morgan fingerprint density at radius 1 is 1.11 bits per heavy atom. The molecule has 5 heteroatoms. The first-order chi connectivity index (χ1) is 13.5. The maximum Gasteiger partial charge on any atom is 0.303 e. The average molecular weight is 395 g/mol. The van der Waals surface area contributed by atoms with Gasteiger partial charge in [-0.15, -0.1) is 0 Å². The Labute approximate surface area is 169 Å². The monoisotopic (exact) mass is 394 g/mol. The highest BCUT2D eigenvalue weighted by Gasteiger charge is 2.43. The summed E-state index contributed by atoms with van der Waals surface area (Å²) >= 11 is 0. The predicted molar refractivity (Wildman–Crippen MR) is 108 cm³/mol. The Bertz CT molecular complexity index is 513. The van der Waals surface area contributed by atoms with Crippen molar-refractivity contribution >= 4 is 5.97 Å². The van der Waals surface area contributed by atoms with Crippen LogP contribution in [0.3, 0.4) is 0 Å². The van der Waals surface area contributed by atoms with E-state index < -0.39 is 18.2 Å². The summed E-state index contributed by atoms with van der Waals surface area (Å²) < 4.78 is 6.12. The zero-order valence-electron chi connectivity index (χ0n) is 17.0. The number of aliphatic hydroxyl groups excluding tert-OH is 2. The molecule has 0 aromatic carbocycles. The van der Waals surface area contributed by atoms with E-state index in [9.17, 15) is 15.0 Å². The number of hydrogen-bond acceptors (Lipinski definition) is 4. The number of carboxylic acid groups (broad SMARTS) is 1. The van der Waals surface area contributed by atoms with Crippen molar-refractivity contribution in [2.24, 2.45) is 23.7 Å². The quantitative estimate of drug-likeness (QED) is 0.516. The normalized spacial score (nSPS) is 35.1. The van der Waals surface area contributed by atoms with E-state index in [1.165, 1.54) is 25.7 Å². The number of aliphatic carboxylic acids is 1. The lowest BCUT2D eigenvalue weighted by atomic mass is 9.86. The molecule has 3 fully saturated rings. The first-order valence-corrected chi connectivity index (χ1v) is 11.4. The Balaban J connectivity index is 1.46. The van der Waals surface area contributed by atoms with E-state index in [0.717, 1.165) is 38.0 Å². The van der Waals surface area contributed by atoms with Gasteiger partial charge in [-0.2, -0.15) is 0 Å². The molecule has 0 aromatic heterocycles. The highest BCUT2D eigenvalue weighted by molar-refractivity contribution is 5.66. The molecule has 5 nitrogen and oxygen atoms in total. The van der Waals surface area contributed by atoms with Gasteiger partial charge in [0.05, 0.1) is 18.3 Å². The van der Waals surface area contributed by atoms with Crippen molar-refractivity contribution in [3.63, 3.8) is 0 Å². The molecular formula is C23H38O5. The number of carboxylic acids is 1. The number of fused-ring (bicyclic) bond motifs is 1. The van der Waals surface area contributed by atoms with E-state index >= 15 is 0 Å². The molecule has 2 saturated carbocycles. The van der Waals surface area contributed by atoms with Crippen LogP contribution in [0.4, 0.5) is 0 Å². The van der Waals surface area contributed by atoms with Crippen molar-refractivity contribution in [2.75, 3.05) is 6.61 Å². The van der Waals surface area contributed by atoms with Gasteiger partial charge >= 0.3 is 5.97 Å². The van der Waals surface area contributed by atoms with Gasteiger partial charge in [-0.1, -0.05) is 37.8 Å². The number of aliphatic hydroxyl groups is 2. The molecule has 1 heterocycles. The van der Waals surface area contributed by atoms with Gasteiger partial charge in [0.1, 0.15) is 0 Å². The van der Waals surface area contributed by atoms with Crippen molar-refractivity contribution < 1.29 is 24.9 Å². The van der Waals surface area contributed by atoms with E-state index in [0.29, 0.717) is 31.3 Å². The maximum absolute atomic E-state index is 10.7. The summed E-state index contributed by atoms with van der Waals surface area (Å²) in [6, 6.07) is 0. The van der Waals surface area contributed by atoms with Crippen molar-refractivity contribution in [3.05, 3.63) is 12.2 Å². The lowest BCUT2D eigenvalue weighted by Crippen LogP contribution is -2.21. The summed E-state index contributed by atoms with van der Waals surface area (Å²) in [5.41, 5.74) is 0. The third-order valence-corrected chi connectivity index (χ3v) is 7.25. The second kappa shape index (κ2) is 10.7. The predicted octanol–water partition coefficient (Wildman–Crippen LogP) is 3.92. The van der Waals surface area contributed by atoms with Crippen LogP contribution in [-0.4, -0.2) is 46.2 Å². The van der Waals surface area contributed by atoms with Crippen LogP contribution in [0.25, 0.3) is 0 Å². The maximum atomic E-state index is 10.7. The Hall–Kier alpha value is -0.910. The molecule has 0 spiro atoms. The lowest BCUT2D eigenvalue weighted by Gasteiger charge is -2.21. The van der Waals surface area contributed by atoms with E-state index in [-0.39, 0.29) is 18.4 Å². The van der Waals surface area contributed by atoms with Crippen LogP contribution in [0, 0.1) is 23.7 Å². The molecule has 1 saturated heterocycles. The van der Waals surface area contributed by atoms with Gasteiger partial charge in [0.2, 0.25) is 0 Å². The van der Waals surface area contributed by atoms with Crippen molar-refractivity contribution in [1.29, 1.82) is 0 Å². The molecule has 6 atom stereocenters. The van der Waals surface area contributed by atoms with Crippen molar-refractivity contribution in [3.8, 4) is 0 Å². The zero-order chi connectivity index (χ0) is 19.9. The first-order valence-electron chi connectivity index (χ1n) is 11.4. The highest BCUT2D eigenvalue weighted by Crippen LogP contribution is 2.42. The number of rotatable bonds is 9.